The number of benzene rings is 1. The predicted molar refractivity (Wildman–Crippen MR) is 78.4 cm³/mol. The molecule has 1 amide bonds. The van der Waals surface area contributed by atoms with Gasteiger partial charge < -0.3 is 10.1 Å². The minimum atomic E-state index is -0.406. The molecule has 1 N–H and O–H groups in total. The summed E-state index contributed by atoms with van der Waals surface area (Å²) in [5.74, 6) is 0.761. The highest BCUT2D eigenvalue weighted by Crippen LogP contribution is 2.28. The summed E-state index contributed by atoms with van der Waals surface area (Å²) in [4.78, 5) is 13.2. The Morgan fingerprint density at radius 3 is 3.00 bits per heavy atom. The Hall–Kier alpha value is -1.33. The quantitative estimate of drug-likeness (QED) is 0.934. The van der Waals surface area contributed by atoms with Crippen LogP contribution in [0.3, 0.4) is 0 Å². The first-order valence-corrected chi connectivity index (χ1v) is 7.65. The van der Waals surface area contributed by atoms with Gasteiger partial charge in [-0.2, -0.15) is 0 Å². The maximum atomic E-state index is 12.1. The van der Waals surface area contributed by atoms with Crippen LogP contribution in [0.5, 0.6) is 5.75 Å². The largest absolute Gasteiger partial charge is 0.480 e. The van der Waals surface area contributed by atoms with Gasteiger partial charge in [-0.1, -0.05) is 18.2 Å². The highest BCUT2D eigenvalue weighted by atomic mass is 79.9. The van der Waals surface area contributed by atoms with Crippen LogP contribution in [0.1, 0.15) is 10.4 Å². The first kappa shape index (κ1) is 12.7. The average molecular weight is 338 g/mol. The maximum absolute atomic E-state index is 12.1. The summed E-state index contributed by atoms with van der Waals surface area (Å²) in [6, 6.07) is 9.76. The Morgan fingerprint density at radius 2 is 2.26 bits per heavy atom. The average Bonchev–Trinajstić information content (AvgIpc) is 3.01. The molecule has 1 aliphatic heterocycles. The minimum Gasteiger partial charge on any atom is -0.480 e. The van der Waals surface area contributed by atoms with Crippen LogP contribution >= 0.6 is 27.3 Å². The summed E-state index contributed by atoms with van der Waals surface area (Å²) in [6.07, 6.45) is 0.240. The molecule has 98 valence electrons. The highest BCUT2D eigenvalue weighted by molar-refractivity contribution is 9.10. The first-order chi connectivity index (χ1) is 9.24. The molecular formula is C14H12BrNO2S. The Morgan fingerprint density at radius 1 is 1.42 bits per heavy atom. The second kappa shape index (κ2) is 5.35. The van der Waals surface area contributed by atoms with E-state index in [0.29, 0.717) is 13.0 Å². The van der Waals surface area contributed by atoms with Gasteiger partial charge in [-0.15, -0.1) is 11.3 Å². The molecule has 0 saturated heterocycles. The van der Waals surface area contributed by atoms with Gasteiger partial charge in [-0.05, 0) is 39.0 Å². The molecule has 3 nitrogen and oxygen atoms in total. The second-order valence-electron chi connectivity index (χ2n) is 4.33. The summed E-state index contributed by atoms with van der Waals surface area (Å²) in [5, 5.41) is 4.91. The van der Waals surface area contributed by atoms with Crippen LogP contribution in [-0.4, -0.2) is 12.0 Å². The van der Waals surface area contributed by atoms with E-state index < -0.39 is 6.10 Å². The van der Waals surface area contributed by atoms with Crippen molar-refractivity contribution in [3.8, 4) is 5.75 Å². The predicted octanol–water partition coefficient (Wildman–Crippen LogP) is 3.13. The number of ether oxygens (including phenoxy) is 1. The molecule has 1 unspecified atom stereocenters. The van der Waals surface area contributed by atoms with Gasteiger partial charge in [0.1, 0.15) is 5.75 Å². The second-order valence-corrected chi connectivity index (χ2v) is 6.18. The molecule has 2 heterocycles. The molecule has 5 heteroatoms. The van der Waals surface area contributed by atoms with Crippen molar-refractivity contribution in [3.05, 3.63) is 50.6 Å². The number of rotatable bonds is 3. The number of carbonyl (C=O) groups is 1. The smallest absolute Gasteiger partial charge is 0.261 e. The van der Waals surface area contributed by atoms with Gasteiger partial charge in [0.05, 0.1) is 6.54 Å². The lowest BCUT2D eigenvalue weighted by molar-refractivity contribution is -0.127. The summed E-state index contributed by atoms with van der Waals surface area (Å²) < 4.78 is 6.68. The number of carbonyl (C=O) groups excluding carboxylic acids is 1. The lowest BCUT2D eigenvalue weighted by Crippen LogP contribution is -2.36. The van der Waals surface area contributed by atoms with Crippen molar-refractivity contribution in [2.24, 2.45) is 0 Å². The number of thiophene rings is 1. The van der Waals surface area contributed by atoms with Gasteiger partial charge in [0.15, 0.2) is 6.10 Å². The summed E-state index contributed by atoms with van der Waals surface area (Å²) in [5.41, 5.74) is 1.10. The zero-order valence-corrected chi connectivity index (χ0v) is 12.5. The number of hydrogen-bond donors (Lipinski definition) is 1. The van der Waals surface area contributed by atoms with Gasteiger partial charge in [-0.3, -0.25) is 4.79 Å². The molecule has 1 aromatic heterocycles. The van der Waals surface area contributed by atoms with E-state index in [2.05, 4.69) is 21.2 Å². The van der Waals surface area contributed by atoms with Crippen LogP contribution in [0, 0.1) is 0 Å². The number of nitrogens with one attached hydrogen (secondary N) is 1. The van der Waals surface area contributed by atoms with Crippen LogP contribution in [0.4, 0.5) is 0 Å². The monoisotopic (exact) mass is 337 g/mol. The molecule has 0 fully saturated rings. The first-order valence-electron chi connectivity index (χ1n) is 5.98. The third-order valence-electron chi connectivity index (χ3n) is 3.05. The number of amides is 1. The van der Waals surface area contributed by atoms with E-state index in [0.717, 1.165) is 20.7 Å². The van der Waals surface area contributed by atoms with E-state index in [1.165, 1.54) is 0 Å². The van der Waals surface area contributed by atoms with Crippen LogP contribution in [0.2, 0.25) is 0 Å². The molecule has 1 aromatic carbocycles. The van der Waals surface area contributed by atoms with Crippen LogP contribution in [0.25, 0.3) is 0 Å². The topological polar surface area (TPSA) is 38.3 Å². The van der Waals surface area contributed by atoms with E-state index in [-0.39, 0.29) is 5.91 Å². The SMILES string of the molecule is O=C(NCc1sccc1Br)C1Cc2ccccc2O1. The Labute approximate surface area is 123 Å². The van der Waals surface area contributed by atoms with E-state index in [9.17, 15) is 4.79 Å². The molecule has 0 spiro atoms. The molecule has 19 heavy (non-hydrogen) atoms. The lowest BCUT2D eigenvalue weighted by atomic mass is 10.1. The normalized spacial score (nSPS) is 16.8. The van der Waals surface area contributed by atoms with Gasteiger partial charge in [0.25, 0.3) is 5.91 Å². The van der Waals surface area contributed by atoms with Crippen molar-refractivity contribution in [2.75, 3.05) is 0 Å². The third-order valence-corrected chi connectivity index (χ3v) is 4.98. The highest BCUT2D eigenvalue weighted by Gasteiger charge is 2.28. The molecule has 0 bridgehead atoms. The van der Waals surface area contributed by atoms with Gasteiger partial charge in [0.2, 0.25) is 0 Å². The Balaban J connectivity index is 1.60. The van der Waals surface area contributed by atoms with Crippen molar-refractivity contribution >= 4 is 33.2 Å². The molecule has 2 aromatic rings. The van der Waals surface area contributed by atoms with Gasteiger partial charge in [-0.25, -0.2) is 0 Å². The van der Waals surface area contributed by atoms with E-state index in [1.807, 2.05) is 35.7 Å². The van der Waals surface area contributed by atoms with Gasteiger partial charge >= 0.3 is 0 Å². The standard InChI is InChI=1S/C14H12BrNO2S/c15-10-5-6-19-13(10)8-16-14(17)12-7-9-3-1-2-4-11(9)18-12/h1-6,12H,7-8H2,(H,16,17). The van der Waals surface area contributed by atoms with Crippen molar-refractivity contribution in [3.63, 3.8) is 0 Å². The zero-order valence-electron chi connectivity index (χ0n) is 10.1. The maximum Gasteiger partial charge on any atom is 0.261 e. The number of hydrogen-bond acceptors (Lipinski definition) is 3. The minimum absolute atomic E-state index is 0.0588. The molecule has 0 radical (unpaired) electrons. The fourth-order valence-corrected chi connectivity index (χ4v) is 3.49. The van der Waals surface area contributed by atoms with Crippen LogP contribution < -0.4 is 10.1 Å². The van der Waals surface area contributed by atoms with E-state index in [4.69, 9.17) is 4.74 Å². The Kier molecular flexibility index (Phi) is 3.57. The van der Waals surface area contributed by atoms with Crippen LogP contribution in [0.15, 0.2) is 40.2 Å². The van der Waals surface area contributed by atoms with Crippen molar-refractivity contribution in [2.45, 2.75) is 19.1 Å². The lowest BCUT2D eigenvalue weighted by Gasteiger charge is -2.10. The summed E-state index contributed by atoms with van der Waals surface area (Å²) in [6.45, 7) is 0.535. The summed E-state index contributed by atoms with van der Waals surface area (Å²) in [7, 11) is 0. The van der Waals surface area contributed by atoms with Crippen molar-refractivity contribution in [1.82, 2.24) is 5.32 Å². The van der Waals surface area contributed by atoms with Crippen LogP contribution in [-0.2, 0) is 17.8 Å². The molecular weight excluding hydrogens is 326 g/mol. The number of halogens is 1. The van der Waals surface area contributed by atoms with Crippen molar-refractivity contribution < 1.29 is 9.53 Å². The molecule has 0 saturated carbocycles. The van der Waals surface area contributed by atoms with Gasteiger partial charge in [0, 0.05) is 15.8 Å². The molecule has 1 aliphatic rings. The molecule has 3 rings (SSSR count). The number of para-hydroxylation sites is 1. The van der Waals surface area contributed by atoms with Crippen molar-refractivity contribution in [1.29, 1.82) is 0 Å². The third kappa shape index (κ3) is 2.67. The molecule has 0 aliphatic carbocycles. The summed E-state index contributed by atoms with van der Waals surface area (Å²) >= 11 is 5.07. The Bertz CT molecular complexity index is 586. The number of fused-ring (bicyclic) bond motifs is 1. The fourth-order valence-electron chi connectivity index (χ4n) is 2.06. The van der Waals surface area contributed by atoms with E-state index in [1.54, 1.807) is 11.3 Å². The molecule has 1 atom stereocenters. The fraction of sp³-hybridized carbons (Fsp3) is 0.214. The van der Waals surface area contributed by atoms with E-state index >= 15 is 0 Å². The zero-order chi connectivity index (χ0) is 13.2.